The molecular formula is C10H11FO2. The summed E-state index contributed by atoms with van der Waals surface area (Å²) in [4.78, 5) is 0. The molecule has 0 aliphatic rings. The Morgan fingerprint density at radius 2 is 1.92 bits per heavy atom. The maximum absolute atomic E-state index is 12.5. The van der Waals surface area contributed by atoms with Crippen LogP contribution in [0.2, 0.25) is 0 Å². The molecule has 1 aromatic carbocycles. The van der Waals surface area contributed by atoms with E-state index < -0.39 is 6.10 Å². The summed E-state index contributed by atoms with van der Waals surface area (Å²) >= 11 is 0. The number of aliphatic hydroxyl groups excluding tert-OH is 2. The molecule has 2 N–H and O–H groups in total. The second-order valence-corrected chi connectivity index (χ2v) is 2.61. The van der Waals surface area contributed by atoms with Crippen LogP contribution < -0.4 is 0 Å². The molecule has 3 heteroatoms. The summed E-state index contributed by atoms with van der Waals surface area (Å²) in [6.07, 6.45) is 2.11. The molecule has 0 saturated carbocycles. The molecule has 0 radical (unpaired) electrons. The fourth-order valence-corrected chi connectivity index (χ4v) is 0.961. The maximum Gasteiger partial charge on any atom is 0.123 e. The summed E-state index contributed by atoms with van der Waals surface area (Å²) in [7, 11) is 0. The van der Waals surface area contributed by atoms with Crippen LogP contribution in [0.4, 0.5) is 4.39 Å². The smallest absolute Gasteiger partial charge is 0.123 e. The fraction of sp³-hybridized carbons (Fsp3) is 0.200. The molecule has 0 aromatic heterocycles. The first-order valence-corrected chi connectivity index (χ1v) is 3.95. The van der Waals surface area contributed by atoms with E-state index in [9.17, 15) is 9.50 Å². The van der Waals surface area contributed by atoms with Crippen molar-refractivity contribution in [1.29, 1.82) is 0 Å². The summed E-state index contributed by atoms with van der Waals surface area (Å²) in [6, 6.07) is 5.57. The first-order valence-electron chi connectivity index (χ1n) is 3.95. The minimum atomic E-state index is -0.784. The van der Waals surface area contributed by atoms with Crippen LogP contribution in [0.15, 0.2) is 36.4 Å². The Morgan fingerprint density at radius 1 is 1.31 bits per heavy atom. The third-order valence-corrected chi connectivity index (χ3v) is 1.64. The number of halogens is 1. The van der Waals surface area contributed by atoms with Crippen molar-refractivity contribution in [1.82, 2.24) is 0 Å². The van der Waals surface area contributed by atoms with E-state index >= 15 is 0 Å². The minimum Gasteiger partial charge on any atom is -0.392 e. The third kappa shape index (κ3) is 2.97. The van der Waals surface area contributed by atoms with E-state index in [2.05, 4.69) is 0 Å². The lowest BCUT2D eigenvalue weighted by molar-refractivity contribution is 0.227. The van der Waals surface area contributed by atoms with Gasteiger partial charge in [-0.1, -0.05) is 24.3 Å². The molecule has 1 unspecified atom stereocenters. The van der Waals surface area contributed by atoms with Crippen LogP contribution in [0, 0.1) is 5.82 Å². The van der Waals surface area contributed by atoms with Crippen LogP contribution in [-0.2, 0) is 0 Å². The highest BCUT2D eigenvalue weighted by atomic mass is 19.1. The van der Waals surface area contributed by atoms with E-state index in [1.54, 1.807) is 0 Å². The lowest BCUT2D eigenvalue weighted by atomic mass is 10.1. The van der Waals surface area contributed by atoms with Crippen molar-refractivity contribution in [2.75, 3.05) is 6.61 Å². The standard InChI is InChI=1S/C10H11FO2/c11-9-5-3-8(4-6-9)10(13)2-1-7-12/h1-6,10,12-13H,7H2. The molecule has 0 aliphatic heterocycles. The Hall–Kier alpha value is -1.19. The number of benzene rings is 1. The molecule has 1 rings (SSSR count). The lowest BCUT2D eigenvalue weighted by Crippen LogP contribution is -1.93. The molecule has 0 fully saturated rings. The predicted molar refractivity (Wildman–Crippen MR) is 47.6 cm³/mol. The van der Waals surface area contributed by atoms with Crippen molar-refractivity contribution < 1.29 is 14.6 Å². The Balaban J connectivity index is 2.71. The molecule has 13 heavy (non-hydrogen) atoms. The van der Waals surface area contributed by atoms with Crippen LogP contribution >= 0.6 is 0 Å². The fourth-order valence-electron chi connectivity index (χ4n) is 0.961. The van der Waals surface area contributed by atoms with Crippen molar-refractivity contribution in [3.05, 3.63) is 47.8 Å². The van der Waals surface area contributed by atoms with Crippen molar-refractivity contribution in [2.45, 2.75) is 6.10 Å². The van der Waals surface area contributed by atoms with Gasteiger partial charge in [-0.15, -0.1) is 0 Å². The van der Waals surface area contributed by atoms with Gasteiger partial charge in [0.25, 0.3) is 0 Å². The van der Waals surface area contributed by atoms with Gasteiger partial charge in [0.1, 0.15) is 5.82 Å². The minimum absolute atomic E-state index is 0.113. The van der Waals surface area contributed by atoms with Crippen molar-refractivity contribution in [3.8, 4) is 0 Å². The molecule has 70 valence electrons. The van der Waals surface area contributed by atoms with Gasteiger partial charge in [0.05, 0.1) is 12.7 Å². The molecule has 0 aliphatic carbocycles. The van der Waals surface area contributed by atoms with Gasteiger partial charge in [-0.05, 0) is 17.7 Å². The van der Waals surface area contributed by atoms with E-state index in [4.69, 9.17) is 5.11 Å². The number of rotatable bonds is 3. The number of aliphatic hydroxyl groups is 2. The monoisotopic (exact) mass is 182 g/mol. The zero-order chi connectivity index (χ0) is 9.68. The Labute approximate surface area is 76.0 Å². The normalized spacial score (nSPS) is 13.5. The second-order valence-electron chi connectivity index (χ2n) is 2.61. The molecule has 0 saturated heterocycles. The average Bonchev–Trinajstić information content (AvgIpc) is 2.15. The highest BCUT2D eigenvalue weighted by molar-refractivity contribution is 5.21. The van der Waals surface area contributed by atoms with Gasteiger partial charge in [-0.3, -0.25) is 0 Å². The van der Waals surface area contributed by atoms with E-state index in [-0.39, 0.29) is 12.4 Å². The summed E-state index contributed by atoms with van der Waals surface area (Å²) in [5.41, 5.74) is 0.603. The van der Waals surface area contributed by atoms with Crippen molar-refractivity contribution >= 4 is 0 Å². The van der Waals surface area contributed by atoms with Gasteiger partial charge in [0.2, 0.25) is 0 Å². The van der Waals surface area contributed by atoms with E-state index in [1.165, 1.54) is 36.4 Å². The second kappa shape index (κ2) is 4.74. The summed E-state index contributed by atoms with van der Waals surface area (Å²) < 4.78 is 12.5. The zero-order valence-corrected chi connectivity index (χ0v) is 7.02. The van der Waals surface area contributed by atoms with Crippen LogP contribution in [0.25, 0.3) is 0 Å². The lowest BCUT2D eigenvalue weighted by Gasteiger charge is -2.04. The molecule has 0 heterocycles. The van der Waals surface area contributed by atoms with Crippen molar-refractivity contribution in [3.63, 3.8) is 0 Å². The van der Waals surface area contributed by atoms with Gasteiger partial charge in [-0.2, -0.15) is 0 Å². The Bertz CT molecular complexity index is 279. The van der Waals surface area contributed by atoms with E-state index in [0.717, 1.165) is 0 Å². The Morgan fingerprint density at radius 3 is 2.46 bits per heavy atom. The van der Waals surface area contributed by atoms with Crippen molar-refractivity contribution in [2.24, 2.45) is 0 Å². The maximum atomic E-state index is 12.5. The first-order chi connectivity index (χ1) is 6.24. The molecular weight excluding hydrogens is 171 g/mol. The highest BCUT2D eigenvalue weighted by Gasteiger charge is 2.01. The average molecular weight is 182 g/mol. The van der Waals surface area contributed by atoms with Crippen LogP contribution in [0.3, 0.4) is 0 Å². The highest BCUT2D eigenvalue weighted by Crippen LogP contribution is 2.14. The molecule has 0 bridgehead atoms. The largest absolute Gasteiger partial charge is 0.392 e. The predicted octanol–water partition coefficient (Wildman–Crippen LogP) is 1.41. The summed E-state index contributed by atoms with van der Waals surface area (Å²) in [5.74, 6) is -0.331. The number of hydrogen-bond donors (Lipinski definition) is 2. The molecule has 0 amide bonds. The van der Waals surface area contributed by atoms with Gasteiger partial charge in [-0.25, -0.2) is 4.39 Å². The molecule has 1 atom stereocenters. The SMILES string of the molecule is OCC=CC(O)c1ccc(F)cc1. The van der Waals surface area contributed by atoms with Gasteiger partial charge < -0.3 is 10.2 Å². The van der Waals surface area contributed by atoms with Gasteiger partial charge >= 0.3 is 0 Å². The third-order valence-electron chi connectivity index (χ3n) is 1.64. The van der Waals surface area contributed by atoms with E-state index in [1.807, 2.05) is 0 Å². The number of hydrogen-bond acceptors (Lipinski definition) is 2. The quantitative estimate of drug-likeness (QED) is 0.694. The van der Waals surface area contributed by atoms with Gasteiger partial charge in [0, 0.05) is 0 Å². The zero-order valence-electron chi connectivity index (χ0n) is 7.02. The molecule has 1 aromatic rings. The Kier molecular flexibility index (Phi) is 3.61. The van der Waals surface area contributed by atoms with Gasteiger partial charge in [0.15, 0.2) is 0 Å². The van der Waals surface area contributed by atoms with Crippen LogP contribution in [0.1, 0.15) is 11.7 Å². The topological polar surface area (TPSA) is 40.5 Å². The van der Waals surface area contributed by atoms with Crippen LogP contribution in [-0.4, -0.2) is 16.8 Å². The first kappa shape index (κ1) is 9.89. The molecule has 2 nitrogen and oxygen atoms in total. The summed E-state index contributed by atoms with van der Waals surface area (Å²) in [5, 5.41) is 17.9. The molecule has 0 spiro atoms. The summed E-state index contributed by atoms with van der Waals surface area (Å²) in [6.45, 7) is -0.113. The van der Waals surface area contributed by atoms with Crippen LogP contribution in [0.5, 0.6) is 0 Å². The van der Waals surface area contributed by atoms with E-state index in [0.29, 0.717) is 5.56 Å².